The van der Waals surface area contributed by atoms with E-state index in [-0.39, 0.29) is 0 Å². The lowest BCUT2D eigenvalue weighted by Crippen LogP contribution is -2.42. The van der Waals surface area contributed by atoms with Gasteiger partial charge in [0.15, 0.2) is 0 Å². The number of piperidine rings is 1. The van der Waals surface area contributed by atoms with Crippen LogP contribution in [0.15, 0.2) is 22.7 Å². The molecule has 2 rings (SSSR count). The van der Waals surface area contributed by atoms with Crippen molar-refractivity contribution < 1.29 is 13.2 Å². The van der Waals surface area contributed by atoms with E-state index in [9.17, 15) is 13.2 Å². The first-order valence-electron chi connectivity index (χ1n) is 6.57. The van der Waals surface area contributed by atoms with Crippen molar-refractivity contribution in [3.63, 3.8) is 0 Å². The molecule has 0 aromatic heterocycles. The summed E-state index contributed by atoms with van der Waals surface area (Å²) in [5.74, 6) is 0. The van der Waals surface area contributed by atoms with E-state index in [1.807, 2.05) is 0 Å². The number of benzene rings is 1. The number of hydrogen-bond donors (Lipinski definition) is 0. The molecule has 0 aliphatic carbocycles. The molecule has 0 atom stereocenters. The van der Waals surface area contributed by atoms with Crippen LogP contribution in [0.3, 0.4) is 0 Å². The third-order valence-corrected chi connectivity index (χ3v) is 4.45. The summed E-state index contributed by atoms with van der Waals surface area (Å²) in [6.07, 6.45) is -2.24. The van der Waals surface area contributed by atoms with E-state index < -0.39 is 11.7 Å². The van der Waals surface area contributed by atoms with Gasteiger partial charge in [-0.25, -0.2) is 0 Å². The first kappa shape index (κ1) is 15.6. The Morgan fingerprint density at radius 3 is 2.25 bits per heavy atom. The molecule has 0 radical (unpaired) electrons. The number of nitrogens with zero attached hydrogens (tertiary/aromatic N) is 2. The molecule has 0 saturated carbocycles. The van der Waals surface area contributed by atoms with E-state index in [2.05, 4.69) is 39.8 Å². The molecular weight excluding hydrogens is 333 g/mol. The van der Waals surface area contributed by atoms with Crippen LogP contribution < -0.4 is 4.90 Å². The van der Waals surface area contributed by atoms with Crippen molar-refractivity contribution in [2.24, 2.45) is 0 Å². The summed E-state index contributed by atoms with van der Waals surface area (Å²) in [4.78, 5) is 4.35. The quantitative estimate of drug-likeness (QED) is 0.795. The highest BCUT2D eigenvalue weighted by atomic mass is 79.9. The third-order valence-electron chi connectivity index (χ3n) is 3.81. The molecule has 1 heterocycles. The van der Waals surface area contributed by atoms with Crippen LogP contribution in [-0.2, 0) is 6.18 Å². The summed E-state index contributed by atoms with van der Waals surface area (Å²) < 4.78 is 38.4. The summed E-state index contributed by atoms with van der Waals surface area (Å²) in [6, 6.07) is 4.42. The number of hydrogen-bond acceptors (Lipinski definition) is 2. The zero-order chi connectivity index (χ0) is 14.9. The van der Waals surface area contributed by atoms with E-state index in [0.29, 0.717) is 10.5 Å². The molecule has 1 fully saturated rings. The second-order valence-electron chi connectivity index (χ2n) is 5.35. The smallest absolute Gasteiger partial charge is 0.371 e. The molecule has 1 aromatic rings. The molecule has 0 unspecified atom stereocenters. The Bertz CT molecular complexity index is 466. The largest absolute Gasteiger partial charge is 0.416 e. The standard InChI is InChI=1S/C14H18BrF3N2/c1-19(2)11-5-7-20(8-6-11)13-4-3-10(9-12(13)15)14(16,17)18/h3-4,9,11H,5-8H2,1-2H3. The van der Waals surface area contributed by atoms with Gasteiger partial charge in [-0.3, -0.25) is 0 Å². The van der Waals surface area contributed by atoms with Gasteiger partial charge in [-0.1, -0.05) is 0 Å². The Labute approximate surface area is 125 Å². The maximum atomic E-state index is 12.6. The van der Waals surface area contributed by atoms with Gasteiger partial charge >= 0.3 is 6.18 Å². The minimum atomic E-state index is -4.29. The van der Waals surface area contributed by atoms with Gasteiger partial charge in [0.2, 0.25) is 0 Å². The Morgan fingerprint density at radius 1 is 1.20 bits per heavy atom. The molecule has 1 saturated heterocycles. The van der Waals surface area contributed by atoms with E-state index in [4.69, 9.17) is 0 Å². The summed E-state index contributed by atoms with van der Waals surface area (Å²) in [5.41, 5.74) is 0.228. The second kappa shape index (κ2) is 5.93. The second-order valence-corrected chi connectivity index (χ2v) is 6.20. The van der Waals surface area contributed by atoms with Crippen molar-refractivity contribution in [1.29, 1.82) is 0 Å². The van der Waals surface area contributed by atoms with Crippen molar-refractivity contribution >= 4 is 21.6 Å². The zero-order valence-corrected chi connectivity index (χ0v) is 13.1. The first-order valence-corrected chi connectivity index (χ1v) is 7.36. The van der Waals surface area contributed by atoms with Gasteiger partial charge in [-0.15, -0.1) is 0 Å². The molecule has 1 aliphatic rings. The van der Waals surface area contributed by atoms with Crippen LogP contribution in [-0.4, -0.2) is 38.1 Å². The van der Waals surface area contributed by atoms with Gasteiger partial charge < -0.3 is 9.80 Å². The Hall–Kier alpha value is -0.750. The van der Waals surface area contributed by atoms with Gasteiger partial charge in [0, 0.05) is 23.6 Å². The summed E-state index contributed by atoms with van der Waals surface area (Å²) in [6.45, 7) is 1.74. The average Bonchev–Trinajstić information content (AvgIpc) is 2.37. The lowest BCUT2D eigenvalue weighted by Gasteiger charge is -2.37. The van der Waals surface area contributed by atoms with Crippen LogP contribution in [0.4, 0.5) is 18.9 Å². The van der Waals surface area contributed by atoms with Crippen LogP contribution in [0.1, 0.15) is 18.4 Å². The normalized spacial score (nSPS) is 17.9. The zero-order valence-electron chi connectivity index (χ0n) is 11.5. The monoisotopic (exact) mass is 350 g/mol. The molecule has 20 heavy (non-hydrogen) atoms. The van der Waals surface area contributed by atoms with Crippen molar-refractivity contribution in [2.75, 3.05) is 32.1 Å². The molecule has 0 amide bonds. The van der Waals surface area contributed by atoms with Crippen LogP contribution >= 0.6 is 15.9 Å². The Balaban J connectivity index is 2.11. The minimum Gasteiger partial charge on any atom is -0.371 e. The van der Waals surface area contributed by atoms with Crippen LogP contribution in [0.2, 0.25) is 0 Å². The fraction of sp³-hybridized carbons (Fsp3) is 0.571. The molecule has 0 N–H and O–H groups in total. The Kier molecular flexibility index (Phi) is 4.64. The Morgan fingerprint density at radius 2 is 1.80 bits per heavy atom. The molecule has 112 valence electrons. The van der Waals surface area contributed by atoms with Gasteiger partial charge in [0.1, 0.15) is 0 Å². The van der Waals surface area contributed by atoms with E-state index in [1.165, 1.54) is 0 Å². The first-order chi connectivity index (χ1) is 9.29. The van der Waals surface area contributed by atoms with Gasteiger partial charge in [0.25, 0.3) is 0 Å². The lowest BCUT2D eigenvalue weighted by atomic mass is 10.0. The number of anilines is 1. The van der Waals surface area contributed by atoms with E-state index in [1.54, 1.807) is 6.07 Å². The van der Waals surface area contributed by atoms with Crippen LogP contribution in [0.5, 0.6) is 0 Å². The third kappa shape index (κ3) is 3.47. The van der Waals surface area contributed by atoms with Crippen molar-refractivity contribution in [3.05, 3.63) is 28.2 Å². The van der Waals surface area contributed by atoms with E-state index in [0.717, 1.165) is 43.8 Å². The molecule has 1 aromatic carbocycles. The predicted octanol–water partition coefficient (Wildman–Crippen LogP) is 4.00. The lowest BCUT2D eigenvalue weighted by molar-refractivity contribution is -0.137. The highest BCUT2D eigenvalue weighted by molar-refractivity contribution is 9.10. The van der Waals surface area contributed by atoms with Gasteiger partial charge in [-0.05, 0) is 61.1 Å². The summed E-state index contributed by atoms with van der Waals surface area (Å²) in [7, 11) is 4.13. The molecule has 2 nitrogen and oxygen atoms in total. The molecule has 0 spiro atoms. The minimum absolute atomic E-state index is 0.510. The summed E-state index contributed by atoms with van der Waals surface area (Å²) >= 11 is 3.27. The van der Waals surface area contributed by atoms with Gasteiger partial charge in [0.05, 0.1) is 11.3 Å². The highest BCUT2D eigenvalue weighted by Crippen LogP contribution is 2.36. The molecule has 6 heteroatoms. The van der Waals surface area contributed by atoms with Gasteiger partial charge in [-0.2, -0.15) is 13.2 Å². The average molecular weight is 351 g/mol. The molecule has 1 aliphatic heterocycles. The predicted molar refractivity (Wildman–Crippen MR) is 78.1 cm³/mol. The molecular formula is C14H18BrF3N2. The van der Waals surface area contributed by atoms with E-state index >= 15 is 0 Å². The van der Waals surface area contributed by atoms with Crippen LogP contribution in [0, 0.1) is 0 Å². The van der Waals surface area contributed by atoms with Crippen LogP contribution in [0.25, 0.3) is 0 Å². The SMILES string of the molecule is CN(C)C1CCN(c2ccc(C(F)(F)F)cc2Br)CC1. The summed E-state index contributed by atoms with van der Waals surface area (Å²) in [5, 5.41) is 0. The maximum Gasteiger partial charge on any atom is 0.416 e. The topological polar surface area (TPSA) is 6.48 Å². The van der Waals surface area contributed by atoms with Crippen molar-refractivity contribution in [1.82, 2.24) is 4.90 Å². The van der Waals surface area contributed by atoms with Crippen molar-refractivity contribution in [3.8, 4) is 0 Å². The fourth-order valence-corrected chi connectivity index (χ4v) is 3.19. The molecule has 0 bridgehead atoms. The van der Waals surface area contributed by atoms with Crippen molar-refractivity contribution in [2.45, 2.75) is 25.1 Å². The maximum absolute atomic E-state index is 12.6. The number of halogens is 4. The number of alkyl halides is 3. The highest BCUT2D eigenvalue weighted by Gasteiger charge is 2.31. The fourth-order valence-electron chi connectivity index (χ4n) is 2.56. The number of rotatable bonds is 2.